The Labute approximate surface area is 132 Å². The monoisotopic (exact) mass is 373 g/mol. The van der Waals surface area contributed by atoms with Crippen LogP contribution in [-0.4, -0.2) is 19.8 Å². The Balaban J connectivity index is 2.26. The maximum absolute atomic E-state index is 12.4. The minimum absolute atomic E-state index is 0.261. The van der Waals surface area contributed by atoms with Crippen molar-refractivity contribution in [3.05, 3.63) is 63.6 Å². The number of benzene rings is 2. The number of nitrogens with zero attached hydrogens (tertiary/aromatic N) is 1. The van der Waals surface area contributed by atoms with E-state index in [0.717, 1.165) is 10.0 Å². The van der Waals surface area contributed by atoms with Gasteiger partial charge in [0.1, 0.15) is 0 Å². The second kappa shape index (κ2) is 6.26. The molecule has 0 fully saturated rings. The van der Waals surface area contributed by atoms with Gasteiger partial charge in [0.15, 0.2) is 0 Å². The molecular weight excluding hydrogens is 362 g/mol. The standard InChI is InChI=1S/C14H13BrClNO2S/c1-17(10-11-4-2-6-13(16)8-11)20(18,19)14-7-3-5-12(15)9-14/h2-9H,10H2,1H3. The summed E-state index contributed by atoms with van der Waals surface area (Å²) in [5.41, 5.74) is 0.846. The largest absolute Gasteiger partial charge is 0.243 e. The lowest BCUT2D eigenvalue weighted by Crippen LogP contribution is -2.26. The quantitative estimate of drug-likeness (QED) is 0.813. The smallest absolute Gasteiger partial charge is 0.207 e. The van der Waals surface area contributed by atoms with Gasteiger partial charge in [-0.2, -0.15) is 4.31 Å². The fraction of sp³-hybridized carbons (Fsp3) is 0.143. The Morgan fingerprint density at radius 1 is 1.15 bits per heavy atom. The topological polar surface area (TPSA) is 37.4 Å². The molecule has 0 atom stereocenters. The van der Waals surface area contributed by atoms with Crippen LogP contribution in [0.5, 0.6) is 0 Å². The molecule has 0 aliphatic rings. The summed E-state index contributed by atoms with van der Waals surface area (Å²) in [7, 11) is -1.96. The summed E-state index contributed by atoms with van der Waals surface area (Å²) in [5.74, 6) is 0. The summed E-state index contributed by atoms with van der Waals surface area (Å²) in [5, 5.41) is 0.593. The number of rotatable bonds is 4. The van der Waals surface area contributed by atoms with Gasteiger partial charge in [-0.3, -0.25) is 0 Å². The van der Waals surface area contributed by atoms with E-state index in [1.165, 1.54) is 4.31 Å². The summed E-state index contributed by atoms with van der Waals surface area (Å²) in [6.45, 7) is 0.273. The average Bonchev–Trinajstić information content (AvgIpc) is 2.38. The number of halogens is 2. The normalized spacial score (nSPS) is 11.8. The molecule has 0 bridgehead atoms. The molecule has 0 saturated heterocycles. The van der Waals surface area contributed by atoms with Crippen molar-refractivity contribution in [1.82, 2.24) is 4.31 Å². The predicted octanol–water partition coefficient (Wildman–Crippen LogP) is 3.92. The zero-order chi connectivity index (χ0) is 14.8. The molecule has 0 aromatic heterocycles. The Hall–Kier alpha value is -0.880. The maximum atomic E-state index is 12.4. The van der Waals surface area contributed by atoms with Crippen molar-refractivity contribution in [2.45, 2.75) is 11.4 Å². The second-order valence-electron chi connectivity index (χ2n) is 4.35. The molecule has 0 saturated carbocycles. The molecule has 2 rings (SSSR count). The Kier molecular flexibility index (Phi) is 4.86. The molecular formula is C14H13BrClNO2S. The van der Waals surface area contributed by atoms with Gasteiger partial charge in [-0.05, 0) is 35.9 Å². The van der Waals surface area contributed by atoms with Crippen molar-refractivity contribution in [3.8, 4) is 0 Å². The summed E-state index contributed by atoms with van der Waals surface area (Å²) < 4.78 is 26.9. The first-order valence-electron chi connectivity index (χ1n) is 5.86. The van der Waals surface area contributed by atoms with E-state index in [9.17, 15) is 8.42 Å². The van der Waals surface area contributed by atoms with Crippen LogP contribution in [-0.2, 0) is 16.6 Å². The SMILES string of the molecule is CN(Cc1cccc(Cl)c1)S(=O)(=O)c1cccc(Br)c1. The third-order valence-corrected chi connectivity index (χ3v) is 5.33. The van der Waals surface area contributed by atoms with Crippen LogP contribution in [0.3, 0.4) is 0 Å². The van der Waals surface area contributed by atoms with Crippen molar-refractivity contribution >= 4 is 37.6 Å². The van der Waals surface area contributed by atoms with Gasteiger partial charge in [0.2, 0.25) is 10.0 Å². The van der Waals surface area contributed by atoms with E-state index < -0.39 is 10.0 Å². The van der Waals surface area contributed by atoms with Crippen LogP contribution in [0.4, 0.5) is 0 Å². The van der Waals surface area contributed by atoms with Gasteiger partial charge in [-0.25, -0.2) is 8.42 Å². The van der Waals surface area contributed by atoms with Gasteiger partial charge >= 0.3 is 0 Å². The highest BCUT2D eigenvalue weighted by atomic mass is 79.9. The molecule has 2 aromatic carbocycles. The van der Waals surface area contributed by atoms with E-state index in [2.05, 4.69) is 15.9 Å². The number of sulfonamides is 1. The van der Waals surface area contributed by atoms with Crippen molar-refractivity contribution in [3.63, 3.8) is 0 Å². The fourth-order valence-corrected chi connectivity index (χ4v) is 3.75. The molecule has 0 N–H and O–H groups in total. The molecule has 0 unspecified atom stereocenters. The van der Waals surface area contributed by atoms with Crippen molar-refractivity contribution in [1.29, 1.82) is 0 Å². The first-order chi connectivity index (χ1) is 9.39. The van der Waals surface area contributed by atoms with E-state index in [-0.39, 0.29) is 11.4 Å². The highest BCUT2D eigenvalue weighted by molar-refractivity contribution is 9.10. The lowest BCUT2D eigenvalue weighted by Gasteiger charge is -2.17. The minimum atomic E-state index is -3.51. The molecule has 0 radical (unpaired) electrons. The third-order valence-electron chi connectivity index (χ3n) is 2.80. The third kappa shape index (κ3) is 3.61. The van der Waals surface area contributed by atoms with Gasteiger partial charge in [0.05, 0.1) is 4.90 Å². The summed E-state index contributed by atoms with van der Waals surface area (Å²) in [4.78, 5) is 0.261. The van der Waals surface area contributed by atoms with Crippen LogP contribution in [0, 0.1) is 0 Å². The van der Waals surface area contributed by atoms with E-state index in [4.69, 9.17) is 11.6 Å². The van der Waals surface area contributed by atoms with Gasteiger partial charge in [0.25, 0.3) is 0 Å². The molecule has 0 heterocycles. The van der Waals surface area contributed by atoms with Crippen LogP contribution in [0.2, 0.25) is 5.02 Å². The molecule has 106 valence electrons. The molecule has 0 spiro atoms. The molecule has 20 heavy (non-hydrogen) atoms. The van der Waals surface area contributed by atoms with Crippen molar-refractivity contribution < 1.29 is 8.42 Å². The molecule has 0 aliphatic carbocycles. The number of hydrogen-bond donors (Lipinski definition) is 0. The maximum Gasteiger partial charge on any atom is 0.243 e. The van der Waals surface area contributed by atoms with Gasteiger partial charge in [-0.1, -0.05) is 45.7 Å². The lowest BCUT2D eigenvalue weighted by atomic mass is 10.2. The van der Waals surface area contributed by atoms with Crippen molar-refractivity contribution in [2.75, 3.05) is 7.05 Å². The summed E-state index contributed by atoms with van der Waals surface area (Å²) >= 11 is 9.19. The Morgan fingerprint density at radius 3 is 2.50 bits per heavy atom. The van der Waals surface area contributed by atoms with E-state index in [0.29, 0.717) is 5.02 Å². The Bertz CT molecular complexity index is 719. The fourth-order valence-electron chi connectivity index (χ4n) is 1.78. The van der Waals surface area contributed by atoms with E-state index in [1.54, 1.807) is 49.5 Å². The van der Waals surface area contributed by atoms with Crippen LogP contribution in [0.25, 0.3) is 0 Å². The van der Waals surface area contributed by atoms with Gasteiger partial charge in [-0.15, -0.1) is 0 Å². The van der Waals surface area contributed by atoms with Crippen molar-refractivity contribution in [2.24, 2.45) is 0 Å². The van der Waals surface area contributed by atoms with E-state index >= 15 is 0 Å². The summed E-state index contributed by atoms with van der Waals surface area (Å²) in [6.07, 6.45) is 0. The van der Waals surface area contributed by atoms with Crippen LogP contribution >= 0.6 is 27.5 Å². The van der Waals surface area contributed by atoms with Crippen LogP contribution < -0.4 is 0 Å². The molecule has 6 heteroatoms. The number of hydrogen-bond acceptors (Lipinski definition) is 2. The zero-order valence-electron chi connectivity index (χ0n) is 10.8. The molecule has 0 aliphatic heterocycles. The molecule has 0 amide bonds. The molecule has 2 aromatic rings. The van der Waals surface area contributed by atoms with E-state index in [1.807, 2.05) is 6.07 Å². The minimum Gasteiger partial charge on any atom is -0.207 e. The highest BCUT2D eigenvalue weighted by Crippen LogP contribution is 2.21. The summed E-state index contributed by atoms with van der Waals surface area (Å²) in [6, 6.07) is 13.8. The predicted molar refractivity (Wildman–Crippen MR) is 84.2 cm³/mol. The second-order valence-corrected chi connectivity index (χ2v) is 7.75. The van der Waals surface area contributed by atoms with Gasteiger partial charge in [0, 0.05) is 23.1 Å². The Morgan fingerprint density at radius 2 is 1.85 bits per heavy atom. The van der Waals surface area contributed by atoms with Crippen LogP contribution in [0.1, 0.15) is 5.56 Å². The highest BCUT2D eigenvalue weighted by Gasteiger charge is 2.21. The first-order valence-corrected chi connectivity index (χ1v) is 8.47. The molecule has 3 nitrogen and oxygen atoms in total. The van der Waals surface area contributed by atoms with Crippen LogP contribution in [0.15, 0.2) is 57.9 Å². The lowest BCUT2D eigenvalue weighted by molar-refractivity contribution is 0.466. The zero-order valence-corrected chi connectivity index (χ0v) is 13.9. The first kappa shape index (κ1) is 15.5. The van der Waals surface area contributed by atoms with Gasteiger partial charge < -0.3 is 0 Å². The average molecular weight is 375 g/mol.